The van der Waals surface area contributed by atoms with Gasteiger partial charge in [-0.1, -0.05) is 38.1 Å². The second-order valence-corrected chi connectivity index (χ2v) is 8.65. The Kier molecular flexibility index (Phi) is 7.42. The van der Waals surface area contributed by atoms with E-state index in [2.05, 4.69) is 16.0 Å². The SMILES string of the molecule is CC(C)C[C@H](NC(=O)[C@H](CO)NC(=O)[C@@H]1Cc2ccccc2CN1)C(=O)[C@@]1(CO)CO1. The quantitative estimate of drug-likeness (QED) is 0.299. The molecule has 1 fully saturated rings. The van der Waals surface area contributed by atoms with Gasteiger partial charge in [0.15, 0.2) is 11.4 Å². The molecule has 3 rings (SSSR count). The zero-order valence-electron chi connectivity index (χ0n) is 17.9. The summed E-state index contributed by atoms with van der Waals surface area (Å²) in [6, 6.07) is 5.21. The van der Waals surface area contributed by atoms with Crippen molar-refractivity contribution in [2.24, 2.45) is 5.92 Å². The fraction of sp³-hybridized carbons (Fsp3) is 0.591. The molecule has 9 nitrogen and oxygen atoms in total. The highest BCUT2D eigenvalue weighted by atomic mass is 16.6. The van der Waals surface area contributed by atoms with Crippen molar-refractivity contribution in [1.29, 1.82) is 0 Å². The second-order valence-electron chi connectivity index (χ2n) is 8.65. The van der Waals surface area contributed by atoms with E-state index in [4.69, 9.17) is 4.74 Å². The first-order chi connectivity index (χ1) is 14.8. The number of aliphatic hydroxyl groups excluding tert-OH is 2. The Morgan fingerprint density at radius 1 is 1.16 bits per heavy atom. The van der Waals surface area contributed by atoms with Crippen molar-refractivity contribution in [2.45, 2.75) is 57.0 Å². The summed E-state index contributed by atoms with van der Waals surface area (Å²) in [5.41, 5.74) is 0.926. The van der Waals surface area contributed by atoms with E-state index in [0.29, 0.717) is 19.4 Å². The summed E-state index contributed by atoms with van der Waals surface area (Å²) in [5, 5.41) is 27.5. The lowest BCUT2D eigenvalue weighted by atomic mass is 9.92. The first-order valence-corrected chi connectivity index (χ1v) is 10.6. The number of aliphatic hydroxyl groups is 2. The Hall–Kier alpha value is -2.33. The van der Waals surface area contributed by atoms with Gasteiger partial charge in [-0.2, -0.15) is 0 Å². The van der Waals surface area contributed by atoms with Crippen LogP contribution in [0.25, 0.3) is 0 Å². The number of rotatable bonds is 10. The fourth-order valence-electron chi connectivity index (χ4n) is 3.80. The Morgan fingerprint density at radius 3 is 2.42 bits per heavy atom. The molecule has 2 amide bonds. The molecule has 31 heavy (non-hydrogen) atoms. The smallest absolute Gasteiger partial charge is 0.245 e. The Morgan fingerprint density at radius 2 is 1.84 bits per heavy atom. The van der Waals surface area contributed by atoms with Crippen molar-refractivity contribution in [3.05, 3.63) is 35.4 Å². The number of benzene rings is 1. The van der Waals surface area contributed by atoms with Gasteiger partial charge in [0.2, 0.25) is 11.8 Å². The summed E-state index contributed by atoms with van der Waals surface area (Å²) in [6.45, 7) is 3.41. The molecule has 1 aromatic rings. The van der Waals surface area contributed by atoms with Crippen LogP contribution in [0.5, 0.6) is 0 Å². The zero-order valence-corrected chi connectivity index (χ0v) is 17.9. The van der Waals surface area contributed by atoms with Crippen LogP contribution < -0.4 is 16.0 Å². The van der Waals surface area contributed by atoms with Crippen molar-refractivity contribution >= 4 is 17.6 Å². The number of nitrogens with one attached hydrogen (secondary N) is 3. The summed E-state index contributed by atoms with van der Waals surface area (Å²) >= 11 is 0. The fourth-order valence-corrected chi connectivity index (χ4v) is 3.80. The maximum atomic E-state index is 12.8. The van der Waals surface area contributed by atoms with Crippen LogP contribution in [0, 0.1) is 5.92 Å². The maximum Gasteiger partial charge on any atom is 0.245 e. The standard InChI is InChI=1S/C22H31N3O6/c1-13(2)7-16(19(28)22(11-27)12-31-22)24-21(30)18(10-26)25-20(29)17-8-14-5-3-4-6-15(14)9-23-17/h3-6,13,16-18,23,26-27H,7-12H2,1-2H3,(H,24,30)(H,25,29)/t16-,17-,18-,22+/m0/s1. The highest BCUT2D eigenvalue weighted by molar-refractivity contribution is 5.98. The van der Waals surface area contributed by atoms with Gasteiger partial charge < -0.3 is 30.9 Å². The predicted molar refractivity (Wildman–Crippen MR) is 112 cm³/mol. The first-order valence-electron chi connectivity index (χ1n) is 10.6. The van der Waals surface area contributed by atoms with Crippen LogP contribution in [0.15, 0.2) is 24.3 Å². The molecule has 1 saturated heterocycles. The monoisotopic (exact) mass is 433 g/mol. The van der Waals surface area contributed by atoms with Gasteiger partial charge in [-0.15, -0.1) is 0 Å². The van der Waals surface area contributed by atoms with Gasteiger partial charge in [0.1, 0.15) is 6.04 Å². The van der Waals surface area contributed by atoms with Crippen LogP contribution in [0.3, 0.4) is 0 Å². The Balaban J connectivity index is 1.62. The summed E-state index contributed by atoms with van der Waals surface area (Å²) in [4.78, 5) is 38.2. The molecule has 2 aliphatic heterocycles. The molecular weight excluding hydrogens is 402 g/mol. The molecule has 0 aliphatic carbocycles. The van der Waals surface area contributed by atoms with Crippen molar-refractivity contribution < 1.29 is 29.3 Å². The number of carbonyl (C=O) groups is 3. The van der Waals surface area contributed by atoms with Crippen LogP contribution in [0.1, 0.15) is 31.4 Å². The minimum absolute atomic E-state index is 0.0948. The number of ether oxygens (including phenoxy) is 1. The number of hydrogen-bond donors (Lipinski definition) is 5. The van der Waals surface area contributed by atoms with Gasteiger partial charge in [-0.05, 0) is 29.9 Å². The van der Waals surface area contributed by atoms with Crippen LogP contribution >= 0.6 is 0 Å². The van der Waals surface area contributed by atoms with E-state index in [-0.39, 0.29) is 12.5 Å². The van der Waals surface area contributed by atoms with Crippen molar-refractivity contribution in [1.82, 2.24) is 16.0 Å². The van der Waals surface area contributed by atoms with Crippen LogP contribution in [-0.4, -0.2) is 71.4 Å². The van der Waals surface area contributed by atoms with Crippen molar-refractivity contribution in [2.75, 3.05) is 19.8 Å². The van der Waals surface area contributed by atoms with Crippen LogP contribution in [0.4, 0.5) is 0 Å². The predicted octanol–water partition coefficient (Wildman–Crippen LogP) is -0.961. The second kappa shape index (κ2) is 9.86. The molecule has 0 bridgehead atoms. The lowest BCUT2D eigenvalue weighted by Gasteiger charge is -2.28. The zero-order chi connectivity index (χ0) is 22.6. The molecule has 0 unspecified atom stereocenters. The van der Waals surface area contributed by atoms with Gasteiger partial charge in [0.05, 0.1) is 31.9 Å². The summed E-state index contributed by atoms with van der Waals surface area (Å²) < 4.78 is 5.13. The van der Waals surface area contributed by atoms with Gasteiger partial charge in [0, 0.05) is 6.54 Å². The van der Waals surface area contributed by atoms with Crippen molar-refractivity contribution in [3.63, 3.8) is 0 Å². The molecule has 1 aromatic carbocycles. The number of Topliss-reactive ketones (excluding diaryl/α,β-unsaturated/α-hetero) is 1. The average Bonchev–Trinajstić information content (AvgIpc) is 3.56. The minimum atomic E-state index is -1.26. The summed E-state index contributed by atoms with van der Waals surface area (Å²) in [6.07, 6.45) is 0.829. The Labute approximate surface area is 181 Å². The number of amides is 2. The van der Waals surface area contributed by atoms with Gasteiger partial charge in [-0.3, -0.25) is 14.4 Å². The summed E-state index contributed by atoms with van der Waals surface area (Å²) in [7, 11) is 0. The van der Waals surface area contributed by atoms with E-state index in [1.165, 1.54) is 0 Å². The number of hydrogen-bond acceptors (Lipinski definition) is 7. The van der Waals surface area contributed by atoms with Gasteiger partial charge in [0.25, 0.3) is 0 Å². The average molecular weight is 434 g/mol. The highest BCUT2D eigenvalue weighted by Gasteiger charge is 2.54. The van der Waals surface area contributed by atoms with Gasteiger partial charge in [-0.25, -0.2) is 0 Å². The molecule has 170 valence electrons. The first kappa shape index (κ1) is 23.3. The third kappa shape index (κ3) is 5.48. The van der Waals surface area contributed by atoms with Gasteiger partial charge >= 0.3 is 0 Å². The molecule has 9 heteroatoms. The molecule has 4 atom stereocenters. The molecular formula is C22H31N3O6. The molecule has 2 heterocycles. The molecule has 0 spiro atoms. The van der Waals surface area contributed by atoms with E-state index >= 15 is 0 Å². The molecule has 0 aromatic heterocycles. The molecule has 0 radical (unpaired) electrons. The third-order valence-electron chi connectivity index (χ3n) is 5.75. The lowest BCUT2D eigenvalue weighted by Crippen LogP contribution is -2.58. The van der Waals surface area contributed by atoms with Crippen LogP contribution in [-0.2, 0) is 32.1 Å². The number of fused-ring (bicyclic) bond motifs is 1. The normalized spacial score (nSPS) is 24.1. The molecule has 0 saturated carbocycles. The highest BCUT2D eigenvalue weighted by Crippen LogP contribution is 2.30. The van der Waals surface area contributed by atoms with E-state index in [9.17, 15) is 24.6 Å². The third-order valence-corrected chi connectivity index (χ3v) is 5.75. The number of carbonyl (C=O) groups excluding carboxylic acids is 3. The topological polar surface area (TPSA) is 140 Å². The number of epoxide rings is 1. The van der Waals surface area contributed by atoms with Crippen molar-refractivity contribution in [3.8, 4) is 0 Å². The number of ketones is 1. The van der Waals surface area contributed by atoms with E-state index in [0.717, 1.165) is 11.1 Å². The van der Waals surface area contributed by atoms with E-state index < -0.39 is 54.5 Å². The maximum absolute atomic E-state index is 12.8. The van der Waals surface area contributed by atoms with E-state index in [1.54, 1.807) is 0 Å². The molecule has 5 N–H and O–H groups in total. The lowest BCUT2D eigenvalue weighted by molar-refractivity contribution is -0.135. The Bertz CT molecular complexity index is 823. The minimum Gasteiger partial charge on any atom is -0.394 e. The van der Waals surface area contributed by atoms with Crippen LogP contribution in [0.2, 0.25) is 0 Å². The molecule has 2 aliphatic rings. The summed E-state index contributed by atoms with van der Waals surface area (Å²) in [5.74, 6) is -1.35. The largest absolute Gasteiger partial charge is 0.394 e. The van der Waals surface area contributed by atoms with E-state index in [1.807, 2.05) is 38.1 Å².